The number of benzene rings is 1. The highest BCUT2D eigenvalue weighted by Gasteiger charge is 2.11. The molecule has 0 aliphatic heterocycles. The van der Waals surface area contributed by atoms with Crippen LogP contribution >= 0.6 is 23.2 Å². The highest BCUT2D eigenvalue weighted by atomic mass is 35.5. The van der Waals surface area contributed by atoms with E-state index in [0.29, 0.717) is 5.02 Å². The molecule has 2 atom stereocenters. The second kappa shape index (κ2) is 4.13. The molecule has 2 N–H and O–H groups in total. The number of hydrogen-bond donors (Lipinski definition) is 1. The maximum atomic E-state index is 6.03. The van der Waals surface area contributed by atoms with Crippen LogP contribution in [0.1, 0.15) is 17.9 Å². The van der Waals surface area contributed by atoms with Gasteiger partial charge in [0.25, 0.3) is 0 Å². The van der Waals surface area contributed by atoms with Crippen LogP contribution < -0.4 is 5.73 Å². The molecule has 1 aromatic carbocycles. The standard InChI is InChI=1S/C9H11Cl2N/c1-6(12)9(11)7-2-4-8(10)5-3-7/h2-6,9H,12H2,1H3. The Kier molecular flexibility index (Phi) is 3.39. The molecule has 12 heavy (non-hydrogen) atoms. The summed E-state index contributed by atoms with van der Waals surface area (Å²) < 4.78 is 0. The zero-order valence-corrected chi connectivity index (χ0v) is 8.31. The van der Waals surface area contributed by atoms with Crippen molar-refractivity contribution >= 4 is 23.2 Å². The summed E-state index contributed by atoms with van der Waals surface area (Å²) in [4.78, 5) is 0. The van der Waals surface area contributed by atoms with E-state index in [-0.39, 0.29) is 11.4 Å². The first-order valence-electron chi connectivity index (χ1n) is 3.76. The fourth-order valence-electron chi connectivity index (χ4n) is 0.950. The average Bonchev–Trinajstić information content (AvgIpc) is 2.04. The minimum atomic E-state index is -0.137. The number of rotatable bonds is 2. The van der Waals surface area contributed by atoms with E-state index in [1.54, 1.807) is 0 Å². The quantitative estimate of drug-likeness (QED) is 0.736. The second-order valence-corrected chi connectivity index (χ2v) is 3.72. The Labute approximate surface area is 82.5 Å². The van der Waals surface area contributed by atoms with Crippen LogP contribution in [-0.2, 0) is 0 Å². The topological polar surface area (TPSA) is 26.0 Å². The molecule has 1 aromatic rings. The highest BCUT2D eigenvalue weighted by molar-refractivity contribution is 6.30. The molecule has 0 amide bonds. The molecule has 0 bridgehead atoms. The Morgan fingerprint density at radius 2 is 1.75 bits per heavy atom. The van der Waals surface area contributed by atoms with Gasteiger partial charge in [-0.25, -0.2) is 0 Å². The summed E-state index contributed by atoms with van der Waals surface area (Å²) in [5.74, 6) is 0. The molecule has 0 saturated carbocycles. The van der Waals surface area contributed by atoms with Crippen molar-refractivity contribution in [1.82, 2.24) is 0 Å². The van der Waals surface area contributed by atoms with Gasteiger partial charge in [0.1, 0.15) is 0 Å². The van der Waals surface area contributed by atoms with Crippen molar-refractivity contribution in [3.05, 3.63) is 34.9 Å². The van der Waals surface area contributed by atoms with Crippen LogP contribution in [0.3, 0.4) is 0 Å². The number of halogens is 2. The molecule has 3 heteroatoms. The van der Waals surface area contributed by atoms with E-state index in [1.807, 2.05) is 31.2 Å². The van der Waals surface area contributed by atoms with Crippen molar-refractivity contribution in [3.63, 3.8) is 0 Å². The van der Waals surface area contributed by atoms with Gasteiger partial charge in [0.05, 0.1) is 5.38 Å². The lowest BCUT2D eigenvalue weighted by molar-refractivity contribution is 0.713. The summed E-state index contributed by atoms with van der Waals surface area (Å²) in [6, 6.07) is 7.36. The van der Waals surface area contributed by atoms with Crippen molar-refractivity contribution in [1.29, 1.82) is 0 Å². The van der Waals surface area contributed by atoms with Crippen LogP contribution in [0.25, 0.3) is 0 Å². The normalized spacial score (nSPS) is 15.7. The van der Waals surface area contributed by atoms with Crippen LogP contribution in [0.15, 0.2) is 24.3 Å². The predicted molar refractivity (Wildman–Crippen MR) is 53.7 cm³/mol. The molecular formula is C9H11Cl2N. The summed E-state index contributed by atoms with van der Waals surface area (Å²) in [6.07, 6.45) is 0. The molecule has 1 nitrogen and oxygen atoms in total. The van der Waals surface area contributed by atoms with Crippen molar-refractivity contribution in [3.8, 4) is 0 Å². The van der Waals surface area contributed by atoms with E-state index in [0.717, 1.165) is 5.56 Å². The maximum Gasteiger partial charge on any atom is 0.0733 e. The Morgan fingerprint density at radius 1 is 1.25 bits per heavy atom. The third-order valence-corrected chi connectivity index (χ3v) is 2.55. The largest absolute Gasteiger partial charge is 0.326 e. The molecule has 0 heterocycles. The molecular weight excluding hydrogens is 193 g/mol. The predicted octanol–water partition coefficient (Wildman–Crippen LogP) is 2.97. The first-order valence-corrected chi connectivity index (χ1v) is 4.58. The van der Waals surface area contributed by atoms with Gasteiger partial charge in [-0.2, -0.15) is 0 Å². The van der Waals surface area contributed by atoms with E-state index in [9.17, 15) is 0 Å². The van der Waals surface area contributed by atoms with Gasteiger partial charge in [-0.05, 0) is 24.6 Å². The lowest BCUT2D eigenvalue weighted by atomic mass is 10.1. The Hall–Kier alpha value is -0.240. The Bertz CT molecular complexity index is 243. The fourth-order valence-corrected chi connectivity index (χ4v) is 1.22. The molecule has 1 rings (SSSR count). The first kappa shape index (κ1) is 9.85. The molecule has 0 aliphatic rings. The summed E-state index contributed by atoms with van der Waals surface area (Å²) >= 11 is 11.7. The zero-order valence-electron chi connectivity index (χ0n) is 6.80. The monoisotopic (exact) mass is 203 g/mol. The number of nitrogens with two attached hydrogens (primary N) is 1. The van der Waals surface area contributed by atoms with Gasteiger partial charge >= 0.3 is 0 Å². The molecule has 0 spiro atoms. The van der Waals surface area contributed by atoms with Crippen LogP contribution in [-0.4, -0.2) is 6.04 Å². The van der Waals surface area contributed by atoms with Crippen molar-refractivity contribution in [2.24, 2.45) is 5.73 Å². The van der Waals surface area contributed by atoms with Crippen LogP contribution in [0.5, 0.6) is 0 Å². The summed E-state index contributed by atoms with van der Waals surface area (Å²) in [5.41, 5.74) is 6.65. The number of alkyl halides is 1. The third kappa shape index (κ3) is 2.37. The van der Waals surface area contributed by atoms with E-state index in [4.69, 9.17) is 28.9 Å². The van der Waals surface area contributed by atoms with Gasteiger partial charge in [-0.3, -0.25) is 0 Å². The van der Waals surface area contributed by atoms with Gasteiger partial charge < -0.3 is 5.73 Å². The lowest BCUT2D eigenvalue weighted by Gasteiger charge is -2.13. The summed E-state index contributed by atoms with van der Waals surface area (Å²) in [5, 5.41) is 0.578. The molecule has 0 fully saturated rings. The smallest absolute Gasteiger partial charge is 0.0733 e. The first-order chi connectivity index (χ1) is 5.61. The van der Waals surface area contributed by atoms with E-state index >= 15 is 0 Å². The van der Waals surface area contributed by atoms with E-state index in [1.165, 1.54) is 0 Å². The van der Waals surface area contributed by atoms with E-state index in [2.05, 4.69) is 0 Å². The van der Waals surface area contributed by atoms with Crippen molar-refractivity contribution in [2.45, 2.75) is 18.3 Å². The Balaban J connectivity index is 2.82. The molecule has 0 radical (unpaired) electrons. The van der Waals surface area contributed by atoms with Crippen LogP contribution in [0.2, 0.25) is 5.02 Å². The summed E-state index contributed by atoms with van der Waals surface area (Å²) in [7, 11) is 0. The highest BCUT2D eigenvalue weighted by Crippen LogP contribution is 2.24. The van der Waals surface area contributed by atoms with Crippen LogP contribution in [0, 0.1) is 0 Å². The minimum Gasteiger partial charge on any atom is -0.326 e. The third-order valence-electron chi connectivity index (χ3n) is 1.65. The molecule has 0 aliphatic carbocycles. The van der Waals surface area contributed by atoms with Gasteiger partial charge in [0, 0.05) is 11.1 Å². The minimum absolute atomic E-state index is 0.0483. The molecule has 0 aromatic heterocycles. The van der Waals surface area contributed by atoms with Gasteiger partial charge in [0.15, 0.2) is 0 Å². The van der Waals surface area contributed by atoms with Crippen molar-refractivity contribution in [2.75, 3.05) is 0 Å². The molecule has 2 unspecified atom stereocenters. The number of hydrogen-bond acceptors (Lipinski definition) is 1. The SMILES string of the molecule is CC(N)C(Cl)c1ccc(Cl)cc1. The summed E-state index contributed by atoms with van der Waals surface area (Å²) in [6.45, 7) is 1.88. The van der Waals surface area contributed by atoms with Gasteiger partial charge in [-0.1, -0.05) is 23.7 Å². The van der Waals surface area contributed by atoms with Gasteiger partial charge in [0.2, 0.25) is 0 Å². The van der Waals surface area contributed by atoms with Crippen LogP contribution in [0.4, 0.5) is 0 Å². The second-order valence-electron chi connectivity index (χ2n) is 2.81. The average molecular weight is 204 g/mol. The zero-order chi connectivity index (χ0) is 9.14. The van der Waals surface area contributed by atoms with Crippen molar-refractivity contribution < 1.29 is 0 Å². The lowest BCUT2D eigenvalue weighted by Crippen LogP contribution is -2.20. The Morgan fingerprint density at radius 3 is 2.17 bits per heavy atom. The van der Waals surface area contributed by atoms with E-state index < -0.39 is 0 Å². The van der Waals surface area contributed by atoms with Gasteiger partial charge in [-0.15, -0.1) is 11.6 Å². The molecule has 0 saturated heterocycles. The maximum absolute atomic E-state index is 6.03. The fraction of sp³-hybridized carbons (Fsp3) is 0.333. The molecule has 66 valence electrons.